The monoisotopic (exact) mass is 592 g/mol. The Kier molecular flexibility index (Phi) is 8.22. The molecule has 0 aromatic carbocycles. The van der Waals surface area contributed by atoms with Gasteiger partial charge < -0.3 is 35.7 Å². The third kappa shape index (κ3) is 4.59. The second-order valence-corrected chi connectivity index (χ2v) is 15.5. The average Bonchev–Trinajstić information content (AvgIpc) is 2.92. The number of carboxylic acids is 2. The van der Waals surface area contributed by atoms with Gasteiger partial charge in [-0.25, -0.2) is 4.79 Å². The lowest BCUT2D eigenvalue weighted by Gasteiger charge is -2.68. The molecule has 0 radical (unpaired) electrons. The number of fused-ring (bicyclic) bond motifs is 7. The van der Waals surface area contributed by atoms with Crippen LogP contribution in [0, 0.1) is 51.8 Å². The molecule has 9 nitrogen and oxygen atoms in total. The van der Waals surface area contributed by atoms with Gasteiger partial charge in [-0.3, -0.25) is 4.79 Å². The highest BCUT2D eigenvalue weighted by molar-refractivity contribution is 5.76. The fourth-order valence-electron chi connectivity index (χ4n) is 11.5. The van der Waals surface area contributed by atoms with Gasteiger partial charge in [0.1, 0.15) is 12.2 Å². The lowest BCUT2D eigenvalue weighted by atomic mass is 9.37. The number of hydrogen-bond acceptors (Lipinski definition) is 7. The zero-order valence-electron chi connectivity index (χ0n) is 25.6. The van der Waals surface area contributed by atoms with E-state index in [2.05, 4.69) is 26.8 Å². The average molecular weight is 593 g/mol. The zero-order valence-corrected chi connectivity index (χ0v) is 25.6. The Morgan fingerprint density at radius 3 is 2.19 bits per heavy atom. The molecule has 5 aliphatic carbocycles. The molecule has 4 fully saturated rings. The van der Waals surface area contributed by atoms with Crippen molar-refractivity contribution in [1.29, 1.82) is 0 Å². The molecular formula is C33H52O9. The van der Waals surface area contributed by atoms with E-state index in [0.717, 1.165) is 57.8 Å². The van der Waals surface area contributed by atoms with Gasteiger partial charge in [-0.05, 0) is 111 Å². The Labute approximate surface area is 249 Å². The summed E-state index contributed by atoms with van der Waals surface area (Å²) < 4.78 is 0. The minimum Gasteiger partial charge on any atom is -0.481 e. The molecule has 13 unspecified atom stereocenters. The SMILES string of the molecule is CC1CCCC2(C(=O)O)CCC3C(=CCC4C3(C)CCC3C4(C)CCC(CC(O)C(O)C(O)C(O)C(=O)O)[C@@]3(C)O)C12. The summed E-state index contributed by atoms with van der Waals surface area (Å²) in [5.41, 5.74) is -0.579. The number of aliphatic carboxylic acids is 2. The summed E-state index contributed by atoms with van der Waals surface area (Å²) in [5.74, 6) is -1.63. The van der Waals surface area contributed by atoms with Gasteiger partial charge >= 0.3 is 11.9 Å². The first-order valence-electron chi connectivity index (χ1n) is 16.1. The van der Waals surface area contributed by atoms with Crippen molar-refractivity contribution in [3.63, 3.8) is 0 Å². The first-order valence-corrected chi connectivity index (χ1v) is 16.1. The van der Waals surface area contributed by atoms with Crippen LogP contribution in [0.1, 0.15) is 98.3 Å². The fourth-order valence-corrected chi connectivity index (χ4v) is 11.5. The zero-order chi connectivity index (χ0) is 31.0. The predicted octanol–water partition coefficient (Wildman–Crippen LogP) is 3.35. The second kappa shape index (κ2) is 10.8. The minimum absolute atomic E-state index is 0.00681. The molecule has 0 saturated heterocycles. The van der Waals surface area contributed by atoms with Crippen LogP contribution in [0.3, 0.4) is 0 Å². The molecule has 5 aliphatic rings. The number of carbonyl (C=O) groups is 2. The van der Waals surface area contributed by atoms with Crippen molar-refractivity contribution in [1.82, 2.24) is 0 Å². The molecule has 0 spiro atoms. The third-order valence-corrected chi connectivity index (χ3v) is 13.7. The highest BCUT2D eigenvalue weighted by Gasteiger charge is 2.66. The number of aliphatic hydroxyl groups excluding tert-OH is 4. The smallest absolute Gasteiger partial charge is 0.335 e. The molecule has 0 aromatic rings. The van der Waals surface area contributed by atoms with Gasteiger partial charge in [-0.2, -0.15) is 0 Å². The Morgan fingerprint density at radius 1 is 0.881 bits per heavy atom. The maximum absolute atomic E-state index is 12.7. The van der Waals surface area contributed by atoms with E-state index in [1.165, 1.54) is 5.57 Å². The molecule has 9 heteroatoms. The van der Waals surface area contributed by atoms with E-state index < -0.39 is 47.4 Å². The maximum Gasteiger partial charge on any atom is 0.335 e. The van der Waals surface area contributed by atoms with E-state index in [0.29, 0.717) is 24.2 Å². The lowest BCUT2D eigenvalue weighted by molar-refractivity contribution is -0.215. The van der Waals surface area contributed by atoms with Crippen LogP contribution in [0.2, 0.25) is 0 Å². The molecule has 42 heavy (non-hydrogen) atoms. The Bertz CT molecular complexity index is 1100. The van der Waals surface area contributed by atoms with Crippen molar-refractivity contribution in [2.24, 2.45) is 51.8 Å². The predicted molar refractivity (Wildman–Crippen MR) is 154 cm³/mol. The van der Waals surface area contributed by atoms with Gasteiger partial charge in [-0.15, -0.1) is 0 Å². The van der Waals surface area contributed by atoms with Gasteiger partial charge in [0.2, 0.25) is 0 Å². The van der Waals surface area contributed by atoms with E-state index in [9.17, 15) is 40.2 Å². The topological polar surface area (TPSA) is 176 Å². The summed E-state index contributed by atoms with van der Waals surface area (Å²) in [4.78, 5) is 23.8. The van der Waals surface area contributed by atoms with Crippen LogP contribution in [-0.2, 0) is 9.59 Å². The number of carboxylic acid groups (broad SMARTS) is 2. The van der Waals surface area contributed by atoms with Crippen LogP contribution < -0.4 is 0 Å². The van der Waals surface area contributed by atoms with Crippen molar-refractivity contribution in [3.8, 4) is 0 Å². The van der Waals surface area contributed by atoms with Crippen LogP contribution >= 0.6 is 0 Å². The first-order chi connectivity index (χ1) is 19.5. The van der Waals surface area contributed by atoms with Crippen molar-refractivity contribution >= 4 is 11.9 Å². The molecule has 7 N–H and O–H groups in total. The largest absolute Gasteiger partial charge is 0.481 e. The number of aliphatic hydroxyl groups is 5. The van der Waals surface area contributed by atoms with Crippen molar-refractivity contribution < 1.29 is 45.3 Å². The molecule has 0 amide bonds. The van der Waals surface area contributed by atoms with E-state index in [1.54, 1.807) is 0 Å². The van der Waals surface area contributed by atoms with Crippen LogP contribution in [0.4, 0.5) is 0 Å². The minimum atomic E-state index is -2.22. The summed E-state index contributed by atoms with van der Waals surface area (Å²) in [7, 11) is 0. The molecule has 14 atom stereocenters. The number of rotatable bonds is 7. The lowest BCUT2D eigenvalue weighted by Crippen LogP contribution is -2.64. The van der Waals surface area contributed by atoms with Crippen LogP contribution in [0.25, 0.3) is 0 Å². The van der Waals surface area contributed by atoms with E-state index in [-0.39, 0.29) is 35.0 Å². The van der Waals surface area contributed by atoms with Gasteiger partial charge in [-0.1, -0.05) is 45.3 Å². The van der Waals surface area contributed by atoms with Gasteiger partial charge in [0, 0.05) is 0 Å². The van der Waals surface area contributed by atoms with E-state index >= 15 is 0 Å². The molecule has 0 bridgehead atoms. The number of allylic oxidation sites excluding steroid dienone is 2. The summed E-state index contributed by atoms with van der Waals surface area (Å²) in [6.45, 7) is 8.77. The van der Waals surface area contributed by atoms with Crippen LogP contribution in [0.5, 0.6) is 0 Å². The Morgan fingerprint density at radius 2 is 1.55 bits per heavy atom. The van der Waals surface area contributed by atoms with Crippen molar-refractivity contribution in [3.05, 3.63) is 11.6 Å². The van der Waals surface area contributed by atoms with Crippen molar-refractivity contribution in [2.75, 3.05) is 0 Å². The Balaban J connectivity index is 1.38. The van der Waals surface area contributed by atoms with Gasteiger partial charge in [0.05, 0.1) is 17.1 Å². The highest BCUT2D eigenvalue weighted by atomic mass is 16.4. The van der Waals surface area contributed by atoms with E-state index in [1.807, 2.05) is 6.92 Å². The quantitative estimate of drug-likeness (QED) is 0.219. The first kappa shape index (κ1) is 31.9. The molecule has 5 rings (SSSR count). The van der Waals surface area contributed by atoms with Gasteiger partial charge in [0.15, 0.2) is 6.10 Å². The van der Waals surface area contributed by atoms with Gasteiger partial charge in [0.25, 0.3) is 0 Å². The third-order valence-electron chi connectivity index (χ3n) is 13.7. The molecule has 0 aliphatic heterocycles. The van der Waals surface area contributed by atoms with E-state index in [4.69, 9.17) is 5.11 Å². The summed E-state index contributed by atoms with van der Waals surface area (Å²) in [6, 6.07) is 0. The van der Waals surface area contributed by atoms with Crippen molar-refractivity contribution in [2.45, 2.75) is 128 Å². The normalized spacial score (nSPS) is 47.8. The van der Waals surface area contributed by atoms with Crippen LogP contribution in [0.15, 0.2) is 11.6 Å². The molecule has 4 saturated carbocycles. The summed E-state index contributed by atoms with van der Waals surface area (Å²) in [6.07, 6.45) is 3.22. The molecule has 238 valence electrons. The number of hydrogen-bond donors (Lipinski definition) is 7. The highest BCUT2D eigenvalue weighted by Crippen LogP contribution is 2.71. The standard InChI is InChI=1S/C33H52O9/c1-17-6-5-12-33(29(40)41)15-10-20-19(24(17)33)7-8-22-30(20,2)14-11-23-31(22,3)13-9-18(32(23,4)42)16-21(34)25(35)26(36)27(37)28(38)39/h7,17-18,20-27,34-37,42H,5-6,8-16H2,1-4H3,(H,38,39)(H,40,41)/t17?,18?,20?,21?,22?,23?,24?,25?,26?,27?,30?,31?,32-,33?/m1/s1. The molecule has 0 heterocycles. The second-order valence-electron chi connectivity index (χ2n) is 15.5. The summed E-state index contributed by atoms with van der Waals surface area (Å²) in [5, 5.41) is 72.3. The molecular weight excluding hydrogens is 540 g/mol. The summed E-state index contributed by atoms with van der Waals surface area (Å²) >= 11 is 0. The fraction of sp³-hybridized carbons (Fsp3) is 0.879. The Hall–Kier alpha value is -1.52. The molecule has 0 aromatic heterocycles. The van der Waals surface area contributed by atoms with Crippen LogP contribution in [-0.4, -0.2) is 77.7 Å². The maximum atomic E-state index is 12.7.